The van der Waals surface area contributed by atoms with Gasteiger partial charge in [0.25, 0.3) is 0 Å². The van der Waals surface area contributed by atoms with Gasteiger partial charge in [-0.05, 0) is 25.7 Å². The molecule has 0 radical (unpaired) electrons. The summed E-state index contributed by atoms with van der Waals surface area (Å²) in [6.07, 6.45) is 6.64. The summed E-state index contributed by atoms with van der Waals surface area (Å²) in [6, 6.07) is 0. The van der Waals surface area contributed by atoms with Gasteiger partial charge in [-0.3, -0.25) is 0 Å². The Kier molecular flexibility index (Phi) is 2.30. The molecule has 2 nitrogen and oxygen atoms in total. The van der Waals surface area contributed by atoms with Gasteiger partial charge in [0.05, 0.1) is 16.8 Å². The Morgan fingerprint density at radius 2 is 2.36 bits per heavy atom. The minimum atomic E-state index is 0.452. The summed E-state index contributed by atoms with van der Waals surface area (Å²) >= 11 is 1.81. The third-order valence-corrected chi connectivity index (χ3v) is 3.88. The molecule has 0 spiro atoms. The van der Waals surface area contributed by atoms with Crippen LogP contribution in [-0.4, -0.2) is 17.7 Å². The third-order valence-electron chi connectivity index (χ3n) is 2.99. The molecule has 2 aliphatic rings. The molecule has 1 aliphatic carbocycles. The molecule has 0 bridgehead atoms. The number of hydrogen-bond donors (Lipinski definition) is 0. The number of aromatic nitrogens is 1. The maximum absolute atomic E-state index is 5.61. The molecule has 76 valence electrons. The van der Waals surface area contributed by atoms with E-state index in [1.807, 2.05) is 11.3 Å². The zero-order chi connectivity index (χ0) is 9.38. The molecule has 1 saturated heterocycles. The van der Waals surface area contributed by atoms with Gasteiger partial charge < -0.3 is 4.74 Å². The Labute approximate surface area is 88.3 Å². The summed E-state index contributed by atoms with van der Waals surface area (Å²) in [4.78, 5) is 4.67. The molecule has 3 heteroatoms. The van der Waals surface area contributed by atoms with Crippen LogP contribution in [0.25, 0.3) is 0 Å². The van der Waals surface area contributed by atoms with Crippen LogP contribution in [0.2, 0.25) is 0 Å². The number of hydrogen-bond acceptors (Lipinski definition) is 3. The third kappa shape index (κ3) is 1.84. The fourth-order valence-electron chi connectivity index (χ4n) is 1.99. The second kappa shape index (κ2) is 3.63. The van der Waals surface area contributed by atoms with Crippen LogP contribution in [0.3, 0.4) is 0 Å². The van der Waals surface area contributed by atoms with E-state index < -0.39 is 0 Å². The molecule has 1 aromatic rings. The van der Waals surface area contributed by atoms with E-state index in [1.54, 1.807) is 0 Å². The van der Waals surface area contributed by atoms with Crippen LogP contribution in [0.1, 0.15) is 42.3 Å². The molecular weight excluding hydrogens is 194 g/mol. The SMILES string of the molecule is c1sc(CC2CCCO2)nc1C1CC1. The van der Waals surface area contributed by atoms with Gasteiger partial charge in [-0.15, -0.1) is 11.3 Å². The van der Waals surface area contributed by atoms with Crippen molar-refractivity contribution in [2.45, 2.75) is 44.1 Å². The van der Waals surface area contributed by atoms with Crippen molar-refractivity contribution in [3.8, 4) is 0 Å². The number of thiazole rings is 1. The lowest BCUT2D eigenvalue weighted by molar-refractivity contribution is 0.111. The van der Waals surface area contributed by atoms with Gasteiger partial charge in [-0.1, -0.05) is 0 Å². The smallest absolute Gasteiger partial charge is 0.0954 e. The van der Waals surface area contributed by atoms with Crippen LogP contribution in [0, 0.1) is 0 Å². The maximum atomic E-state index is 5.61. The van der Waals surface area contributed by atoms with Gasteiger partial charge in [0.1, 0.15) is 0 Å². The van der Waals surface area contributed by atoms with E-state index in [1.165, 1.54) is 36.4 Å². The van der Waals surface area contributed by atoms with Gasteiger partial charge in [0, 0.05) is 24.3 Å². The summed E-state index contributed by atoms with van der Waals surface area (Å²) in [5, 5.41) is 3.51. The summed E-state index contributed by atoms with van der Waals surface area (Å²) in [5.74, 6) is 0.796. The highest BCUT2D eigenvalue weighted by Gasteiger charge is 2.26. The second-order valence-electron chi connectivity index (χ2n) is 4.28. The first-order valence-corrected chi connectivity index (χ1v) is 6.35. The molecule has 1 saturated carbocycles. The van der Waals surface area contributed by atoms with Crippen LogP contribution in [0.4, 0.5) is 0 Å². The van der Waals surface area contributed by atoms with Crippen LogP contribution >= 0.6 is 11.3 Å². The second-order valence-corrected chi connectivity index (χ2v) is 5.22. The van der Waals surface area contributed by atoms with Crippen molar-refractivity contribution in [3.05, 3.63) is 16.1 Å². The summed E-state index contributed by atoms with van der Waals surface area (Å²) in [6.45, 7) is 0.950. The Morgan fingerprint density at radius 1 is 1.43 bits per heavy atom. The van der Waals surface area contributed by atoms with Crippen LogP contribution in [0.5, 0.6) is 0 Å². The highest BCUT2D eigenvalue weighted by atomic mass is 32.1. The first-order chi connectivity index (χ1) is 6.92. The van der Waals surface area contributed by atoms with Crippen molar-refractivity contribution in [2.24, 2.45) is 0 Å². The van der Waals surface area contributed by atoms with Gasteiger partial charge >= 0.3 is 0 Å². The fourth-order valence-corrected chi connectivity index (χ4v) is 2.93. The van der Waals surface area contributed by atoms with E-state index in [-0.39, 0.29) is 0 Å². The minimum absolute atomic E-state index is 0.452. The molecule has 2 heterocycles. The Balaban J connectivity index is 1.64. The van der Waals surface area contributed by atoms with E-state index in [9.17, 15) is 0 Å². The Hall–Kier alpha value is -0.410. The molecular formula is C11H15NOS. The summed E-state index contributed by atoms with van der Waals surface area (Å²) in [5.41, 5.74) is 1.34. The Bertz CT molecular complexity index is 313. The monoisotopic (exact) mass is 209 g/mol. The van der Waals surface area contributed by atoms with Gasteiger partial charge in [-0.2, -0.15) is 0 Å². The maximum Gasteiger partial charge on any atom is 0.0954 e. The lowest BCUT2D eigenvalue weighted by Gasteiger charge is -2.05. The van der Waals surface area contributed by atoms with E-state index in [0.717, 1.165) is 18.9 Å². The highest BCUT2D eigenvalue weighted by Crippen LogP contribution is 2.40. The van der Waals surface area contributed by atoms with Gasteiger partial charge in [-0.25, -0.2) is 4.98 Å². The van der Waals surface area contributed by atoms with Crippen LogP contribution < -0.4 is 0 Å². The first kappa shape index (κ1) is 8.86. The average molecular weight is 209 g/mol. The molecule has 3 rings (SSSR count). The number of nitrogens with zero attached hydrogens (tertiary/aromatic N) is 1. The van der Waals surface area contributed by atoms with E-state index in [2.05, 4.69) is 10.4 Å². The summed E-state index contributed by atoms with van der Waals surface area (Å²) < 4.78 is 5.61. The number of rotatable bonds is 3. The number of ether oxygens (including phenoxy) is 1. The average Bonchev–Trinajstić information content (AvgIpc) is 2.75. The zero-order valence-electron chi connectivity index (χ0n) is 8.24. The molecule has 0 N–H and O–H groups in total. The van der Waals surface area contributed by atoms with Crippen molar-refractivity contribution in [2.75, 3.05) is 6.61 Å². The normalized spacial score (nSPS) is 27.0. The molecule has 2 fully saturated rings. The highest BCUT2D eigenvalue weighted by molar-refractivity contribution is 7.09. The van der Waals surface area contributed by atoms with Gasteiger partial charge in [0.2, 0.25) is 0 Å². The lowest BCUT2D eigenvalue weighted by atomic mass is 10.2. The Morgan fingerprint density at radius 3 is 3.07 bits per heavy atom. The predicted octanol–water partition coefficient (Wildman–Crippen LogP) is 2.74. The first-order valence-electron chi connectivity index (χ1n) is 5.48. The molecule has 14 heavy (non-hydrogen) atoms. The van der Waals surface area contributed by atoms with Crippen LogP contribution in [-0.2, 0) is 11.2 Å². The van der Waals surface area contributed by atoms with E-state index in [4.69, 9.17) is 4.74 Å². The molecule has 1 aliphatic heterocycles. The van der Waals surface area contributed by atoms with Crippen LogP contribution in [0.15, 0.2) is 5.38 Å². The quantitative estimate of drug-likeness (QED) is 0.763. The molecule has 1 aromatic heterocycles. The van der Waals surface area contributed by atoms with Crippen molar-refractivity contribution >= 4 is 11.3 Å². The van der Waals surface area contributed by atoms with Crippen molar-refractivity contribution in [1.29, 1.82) is 0 Å². The molecule has 0 aromatic carbocycles. The summed E-state index contributed by atoms with van der Waals surface area (Å²) in [7, 11) is 0. The zero-order valence-corrected chi connectivity index (χ0v) is 9.05. The minimum Gasteiger partial charge on any atom is -0.378 e. The molecule has 0 amide bonds. The van der Waals surface area contributed by atoms with E-state index in [0.29, 0.717) is 6.10 Å². The van der Waals surface area contributed by atoms with Crippen molar-refractivity contribution in [1.82, 2.24) is 4.98 Å². The predicted molar refractivity (Wildman–Crippen MR) is 56.8 cm³/mol. The molecule has 1 unspecified atom stereocenters. The lowest BCUT2D eigenvalue weighted by Crippen LogP contribution is -2.08. The fraction of sp³-hybridized carbons (Fsp3) is 0.727. The standard InChI is InChI=1S/C11H15NOS/c1-2-9(13-5-1)6-11-12-10(7-14-11)8-3-4-8/h7-9H,1-6H2. The van der Waals surface area contributed by atoms with Crippen molar-refractivity contribution in [3.63, 3.8) is 0 Å². The topological polar surface area (TPSA) is 22.1 Å². The van der Waals surface area contributed by atoms with Crippen molar-refractivity contribution < 1.29 is 4.74 Å². The largest absolute Gasteiger partial charge is 0.378 e. The van der Waals surface area contributed by atoms with Gasteiger partial charge in [0.15, 0.2) is 0 Å². The van der Waals surface area contributed by atoms with E-state index >= 15 is 0 Å². The molecule has 1 atom stereocenters.